The first-order valence-electron chi connectivity index (χ1n) is 9.86. The third kappa shape index (κ3) is 8.94. The molecule has 1 aromatic carbocycles. The molecule has 1 aromatic rings. The fraction of sp³-hybridized carbons (Fsp3) is 0.667. The van der Waals surface area contributed by atoms with Crippen molar-refractivity contribution in [2.75, 3.05) is 33.3 Å². The zero-order valence-corrected chi connectivity index (χ0v) is 17.6. The van der Waals surface area contributed by atoms with Crippen LogP contribution in [0.5, 0.6) is 5.75 Å². The first-order valence-corrected chi connectivity index (χ1v) is 9.86. The zero-order valence-electron chi connectivity index (χ0n) is 17.6. The average Bonchev–Trinajstić information content (AvgIpc) is 2.58. The van der Waals surface area contributed by atoms with Crippen LogP contribution in [0.2, 0.25) is 0 Å². The molecule has 1 unspecified atom stereocenters. The largest absolute Gasteiger partial charge is 0.484 e. The molecular weight excluding hydrogens is 385 g/mol. The minimum Gasteiger partial charge on any atom is -0.484 e. The number of hydrogen-bond donors (Lipinski definition) is 0. The van der Waals surface area contributed by atoms with Gasteiger partial charge in [0.1, 0.15) is 11.4 Å². The van der Waals surface area contributed by atoms with Gasteiger partial charge < -0.3 is 14.4 Å². The van der Waals surface area contributed by atoms with Gasteiger partial charge in [0.2, 0.25) is 0 Å². The second kappa shape index (κ2) is 9.69. The smallest absolute Gasteiger partial charge is 0.422 e. The highest BCUT2D eigenvalue weighted by Crippen LogP contribution is 2.23. The number of nitrogens with zero attached hydrogens (tertiary/aromatic N) is 2. The van der Waals surface area contributed by atoms with E-state index in [-0.39, 0.29) is 11.8 Å². The van der Waals surface area contributed by atoms with Gasteiger partial charge in [0.15, 0.2) is 6.61 Å². The van der Waals surface area contributed by atoms with Crippen LogP contribution in [0, 0.1) is 5.92 Å². The lowest BCUT2D eigenvalue weighted by Crippen LogP contribution is -2.42. The molecule has 1 heterocycles. The highest BCUT2D eigenvalue weighted by atomic mass is 19.4. The molecule has 0 spiro atoms. The van der Waals surface area contributed by atoms with Gasteiger partial charge in [-0.15, -0.1) is 0 Å². The van der Waals surface area contributed by atoms with Gasteiger partial charge in [-0.3, -0.25) is 4.90 Å². The van der Waals surface area contributed by atoms with Crippen LogP contribution in [0.25, 0.3) is 0 Å². The lowest BCUT2D eigenvalue weighted by atomic mass is 9.97. The second-order valence-corrected chi connectivity index (χ2v) is 8.66. The number of ether oxygens (including phenoxy) is 2. The van der Waals surface area contributed by atoms with Crippen molar-refractivity contribution in [2.45, 2.75) is 51.9 Å². The maximum atomic E-state index is 12.3. The van der Waals surface area contributed by atoms with E-state index in [9.17, 15) is 18.0 Å². The summed E-state index contributed by atoms with van der Waals surface area (Å²) in [6.45, 7) is 7.21. The predicted molar refractivity (Wildman–Crippen MR) is 105 cm³/mol. The third-order valence-electron chi connectivity index (χ3n) is 4.55. The molecule has 8 heteroatoms. The molecule has 0 saturated carbocycles. The van der Waals surface area contributed by atoms with Gasteiger partial charge in [0.05, 0.1) is 0 Å². The summed E-state index contributed by atoms with van der Waals surface area (Å²) in [7, 11) is 1.74. The van der Waals surface area contributed by atoms with Gasteiger partial charge >= 0.3 is 12.3 Å². The van der Waals surface area contributed by atoms with E-state index in [0.717, 1.165) is 31.5 Å². The van der Waals surface area contributed by atoms with Crippen LogP contribution in [-0.2, 0) is 11.3 Å². The zero-order chi connectivity index (χ0) is 21.7. The van der Waals surface area contributed by atoms with Crippen molar-refractivity contribution in [3.63, 3.8) is 0 Å². The number of piperidine rings is 1. The first kappa shape index (κ1) is 23.3. The lowest BCUT2D eigenvalue weighted by Gasteiger charge is -2.35. The molecule has 1 fully saturated rings. The molecule has 1 aliphatic rings. The van der Waals surface area contributed by atoms with Crippen molar-refractivity contribution in [3.05, 3.63) is 29.8 Å². The fourth-order valence-corrected chi connectivity index (χ4v) is 3.40. The quantitative estimate of drug-likeness (QED) is 0.674. The van der Waals surface area contributed by atoms with Gasteiger partial charge in [0, 0.05) is 26.7 Å². The topological polar surface area (TPSA) is 42.0 Å². The highest BCUT2D eigenvalue weighted by molar-refractivity contribution is 5.67. The number of carbonyl (C=O) groups excluding carboxylic acids is 1. The van der Waals surface area contributed by atoms with Gasteiger partial charge in [-0.05, 0) is 63.8 Å². The minimum absolute atomic E-state index is 0.220. The van der Waals surface area contributed by atoms with Crippen LogP contribution in [0.3, 0.4) is 0 Å². The van der Waals surface area contributed by atoms with Crippen molar-refractivity contribution in [1.82, 2.24) is 9.80 Å². The number of benzene rings is 1. The monoisotopic (exact) mass is 416 g/mol. The molecule has 0 radical (unpaired) electrons. The Morgan fingerprint density at radius 1 is 1.28 bits per heavy atom. The molecule has 1 amide bonds. The fourth-order valence-electron chi connectivity index (χ4n) is 3.40. The third-order valence-corrected chi connectivity index (χ3v) is 4.55. The number of amides is 1. The molecule has 164 valence electrons. The summed E-state index contributed by atoms with van der Waals surface area (Å²) in [6, 6.07) is 6.78. The minimum atomic E-state index is -4.35. The summed E-state index contributed by atoms with van der Waals surface area (Å²) in [4.78, 5) is 16.1. The van der Waals surface area contributed by atoms with E-state index in [2.05, 4.69) is 4.90 Å². The Labute approximate surface area is 170 Å². The highest BCUT2D eigenvalue weighted by Gasteiger charge is 2.28. The molecule has 0 N–H and O–H groups in total. The van der Waals surface area contributed by atoms with Crippen molar-refractivity contribution in [1.29, 1.82) is 0 Å². The Balaban J connectivity index is 1.87. The number of halogens is 3. The Kier molecular flexibility index (Phi) is 7.80. The van der Waals surface area contributed by atoms with Crippen LogP contribution in [0.15, 0.2) is 24.3 Å². The predicted octanol–water partition coefficient (Wildman–Crippen LogP) is 4.71. The SMILES string of the molecule is CN(CC1CCCN(Cc2cccc(OCC(F)(F)F)c2)C1)C(=O)OC(C)(C)C. The van der Waals surface area contributed by atoms with E-state index in [1.165, 1.54) is 6.07 Å². The molecule has 2 rings (SSSR count). The maximum Gasteiger partial charge on any atom is 0.422 e. The van der Waals surface area contributed by atoms with Crippen molar-refractivity contribution in [3.8, 4) is 5.75 Å². The van der Waals surface area contributed by atoms with Crippen molar-refractivity contribution >= 4 is 6.09 Å². The number of alkyl halides is 3. The summed E-state index contributed by atoms with van der Waals surface area (Å²) in [5.41, 5.74) is 0.384. The van der Waals surface area contributed by atoms with Gasteiger partial charge in [-0.25, -0.2) is 4.79 Å². The Morgan fingerprint density at radius 3 is 2.66 bits per heavy atom. The second-order valence-electron chi connectivity index (χ2n) is 8.66. The van der Waals surface area contributed by atoms with Crippen LogP contribution >= 0.6 is 0 Å². The first-order chi connectivity index (χ1) is 13.4. The molecule has 29 heavy (non-hydrogen) atoms. The normalized spacial score (nSPS) is 18.4. The van der Waals surface area contributed by atoms with Crippen LogP contribution < -0.4 is 4.74 Å². The summed E-state index contributed by atoms with van der Waals surface area (Å²) >= 11 is 0. The molecule has 0 bridgehead atoms. The van der Waals surface area contributed by atoms with Crippen molar-refractivity contribution in [2.24, 2.45) is 5.92 Å². The molecule has 1 aliphatic heterocycles. The lowest BCUT2D eigenvalue weighted by molar-refractivity contribution is -0.153. The molecule has 1 atom stereocenters. The standard InChI is InChI=1S/C21H31F3N2O3/c1-20(2,3)29-19(27)25(4)12-17-8-6-10-26(14-17)13-16-7-5-9-18(11-16)28-15-21(22,23)24/h5,7,9,11,17H,6,8,10,12-15H2,1-4H3. The number of carbonyl (C=O) groups is 1. The Hall–Kier alpha value is -1.96. The summed E-state index contributed by atoms with van der Waals surface area (Å²) < 4.78 is 47.3. The number of likely N-dealkylation sites (tertiary alicyclic amines) is 1. The van der Waals surface area contributed by atoms with E-state index in [4.69, 9.17) is 9.47 Å². The number of hydrogen-bond acceptors (Lipinski definition) is 4. The van der Waals surface area contributed by atoms with Crippen LogP contribution in [-0.4, -0.2) is 61.0 Å². The molecule has 0 aliphatic carbocycles. The van der Waals surface area contributed by atoms with E-state index in [1.54, 1.807) is 24.1 Å². The molecular formula is C21H31F3N2O3. The van der Waals surface area contributed by atoms with Gasteiger partial charge in [0.25, 0.3) is 0 Å². The summed E-state index contributed by atoms with van der Waals surface area (Å²) in [5.74, 6) is 0.545. The number of rotatable bonds is 6. The molecule has 1 saturated heterocycles. The molecule has 5 nitrogen and oxygen atoms in total. The average molecular weight is 416 g/mol. The van der Waals surface area contributed by atoms with Crippen LogP contribution in [0.1, 0.15) is 39.2 Å². The maximum absolute atomic E-state index is 12.3. The summed E-state index contributed by atoms with van der Waals surface area (Å²) in [5, 5.41) is 0. The van der Waals surface area contributed by atoms with E-state index < -0.39 is 18.4 Å². The Morgan fingerprint density at radius 2 is 2.00 bits per heavy atom. The van der Waals surface area contributed by atoms with Gasteiger partial charge in [-0.1, -0.05) is 12.1 Å². The van der Waals surface area contributed by atoms with E-state index in [1.807, 2.05) is 26.8 Å². The van der Waals surface area contributed by atoms with E-state index >= 15 is 0 Å². The van der Waals surface area contributed by atoms with Crippen LogP contribution in [0.4, 0.5) is 18.0 Å². The van der Waals surface area contributed by atoms with Gasteiger partial charge in [-0.2, -0.15) is 13.2 Å². The summed E-state index contributed by atoms with van der Waals surface area (Å²) in [6.07, 6.45) is -2.64. The van der Waals surface area contributed by atoms with E-state index in [0.29, 0.717) is 19.0 Å². The van der Waals surface area contributed by atoms with Crippen molar-refractivity contribution < 1.29 is 27.4 Å². The molecule has 0 aromatic heterocycles. The Bertz CT molecular complexity index is 674.